The molecule has 2 N–H and O–H groups in total. The molecule has 190 valence electrons. The van der Waals surface area contributed by atoms with Crippen LogP contribution in [0.2, 0.25) is 0 Å². The van der Waals surface area contributed by atoms with Gasteiger partial charge in [-0.1, -0.05) is 6.07 Å². The monoisotopic (exact) mass is 499 g/mol. The number of nitrogens with zero attached hydrogens (tertiary/aromatic N) is 5. The van der Waals surface area contributed by atoms with E-state index in [1.165, 1.54) is 6.33 Å². The first-order valence-corrected chi connectivity index (χ1v) is 12.2. The Bertz CT molecular complexity index is 1340. The predicted octanol–water partition coefficient (Wildman–Crippen LogP) is 3.23. The van der Waals surface area contributed by atoms with Gasteiger partial charge in [-0.05, 0) is 36.8 Å². The van der Waals surface area contributed by atoms with E-state index in [-0.39, 0.29) is 5.91 Å². The second-order valence-electron chi connectivity index (χ2n) is 8.85. The van der Waals surface area contributed by atoms with Crippen LogP contribution in [0.5, 0.6) is 5.75 Å². The van der Waals surface area contributed by atoms with Gasteiger partial charge in [0, 0.05) is 55.3 Å². The summed E-state index contributed by atoms with van der Waals surface area (Å²) in [5, 5.41) is 6.34. The first-order chi connectivity index (χ1) is 18.2. The Morgan fingerprint density at radius 2 is 2.05 bits per heavy atom. The fraction of sp³-hybridized carbons (Fsp3) is 0.296. The largest absolute Gasteiger partial charge is 0.491 e. The zero-order valence-electron chi connectivity index (χ0n) is 20.6. The molecule has 37 heavy (non-hydrogen) atoms. The van der Waals surface area contributed by atoms with Crippen molar-refractivity contribution in [3.05, 3.63) is 84.5 Å². The Kier molecular flexibility index (Phi) is 7.66. The molecular weight excluding hydrogens is 470 g/mol. The van der Waals surface area contributed by atoms with Gasteiger partial charge in [-0.15, -0.1) is 0 Å². The third-order valence-corrected chi connectivity index (χ3v) is 6.31. The van der Waals surface area contributed by atoms with Crippen molar-refractivity contribution in [1.82, 2.24) is 29.8 Å². The van der Waals surface area contributed by atoms with Gasteiger partial charge in [0.1, 0.15) is 17.9 Å². The number of hydrogen-bond acceptors (Lipinski definition) is 8. The van der Waals surface area contributed by atoms with E-state index in [4.69, 9.17) is 9.47 Å². The number of anilines is 1. The summed E-state index contributed by atoms with van der Waals surface area (Å²) in [4.78, 5) is 29.8. The van der Waals surface area contributed by atoms with E-state index < -0.39 is 0 Å². The Balaban J connectivity index is 1.17. The molecule has 1 unspecified atom stereocenters. The van der Waals surface area contributed by atoms with Crippen molar-refractivity contribution in [2.45, 2.75) is 19.5 Å². The van der Waals surface area contributed by atoms with Crippen molar-refractivity contribution in [3.63, 3.8) is 0 Å². The minimum atomic E-state index is -0.168. The van der Waals surface area contributed by atoms with Crippen molar-refractivity contribution in [1.29, 1.82) is 0 Å². The predicted molar refractivity (Wildman–Crippen MR) is 138 cm³/mol. The molecule has 1 aromatic carbocycles. The summed E-state index contributed by atoms with van der Waals surface area (Å²) in [6, 6.07) is 11.1. The van der Waals surface area contributed by atoms with Gasteiger partial charge in [0.05, 0.1) is 43.5 Å². The summed E-state index contributed by atoms with van der Waals surface area (Å²) in [6.45, 7) is 2.92. The Morgan fingerprint density at radius 3 is 2.89 bits per heavy atom. The number of carbonyl (C=O) groups excluding carboxylic acids is 1. The highest BCUT2D eigenvalue weighted by Crippen LogP contribution is 2.21. The SMILES string of the molecule is Cn1c(-c2ccncn2)cnc1CNc1cccc(C(=O)NCc2ccncc2OCC2CCOC2)c1. The van der Waals surface area contributed by atoms with E-state index in [9.17, 15) is 4.79 Å². The van der Waals surface area contributed by atoms with Crippen LogP contribution >= 0.6 is 0 Å². The smallest absolute Gasteiger partial charge is 0.251 e. The third-order valence-electron chi connectivity index (χ3n) is 6.31. The number of hydrogen-bond donors (Lipinski definition) is 2. The van der Waals surface area contributed by atoms with Crippen molar-refractivity contribution in [2.24, 2.45) is 13.0 Å². The average molecular weight is 500 g/mol. The summed E-state index contributed by atoms with van der Waals surface area (Å²) in [5.74, 6) is 1.75. The summed E-state index contributed by atoms with van der Waals surface area (Å²) < 4.78 is 13.4. The minimum Gasteiger partial charge on any atom is -0.491 e. The van der Waals surface area contributed by atoms with Crippen LogP contribution in [-0.4, -0.2) is 50.2 Å². The molecule has 4 aromatic rings. The van der Waals surface area contributed by atoms with E-state index in [0.29, 0.717) is 36.9 Å². The number of nitrogens with one attached hydrogen (secondary N) is 2. The van der Waals surface area contributed by atoms with Crippen LogP contribution in [0.25, 0.3) is 11.4 Å². The van der Waals surface area contributed by atoms with Gasteiger partial charge in [0.25, 0.3) is 5.91 Å². The molecule has 1 atom stereocenters. The standard InChI is InChI=1S/C27H29N7O3/c1-34-24(23-6-9-29-18-33-23)13-31-26(34)15-30-22-4-2-3-20(11-22)27(35)32-12-21-5-8-28-14-25(21)37-17-19-7-10-36-16-19/h2-6,8-9,11,13-14,18-19,30H,7,10,12,15-17H2,1H3,(H,32,35). The molecule has 1 fully saturated rings. The average Bonchev–Trinajstić information content (AvgIpc) is 3.60. The second-order valence-corrected chi connectivity index (χ2v) is 8.85. The molecule has 5 rings (SSSR count). The topological polar surface area (TPSA) is 116 Å². The van der Waals surface area contributed by atoms with E-state index in [2.05, 4.69) is 30.6 Å². The van der Waals surface area contributed by atoms with Crippen molar-refractivity contribution in [3.8, 4) is 17.1 Å². The maximum absolute atomic E-state index is 12.9. The number of rotatable bonds is 10. The lowest BCUT2D eigenvalue weighted by molar-refractivity contribution is 0.0950. The molecule has 3 aromatic heterocycles. The molecule has 4 heterocycles. The molecule has 0 saturated carbocycles. The summed E-state index contributed by atoms with van der Waals surface area (Å²) >= 11 is 0. The Labute approximate surface area is 215 Å². The van der Waals surface area contributed by atoms with Crippen LogP contribution in [0.1, 0.15) is 28.2 Å². The van der Waals surface area contributed by atoms with Crippen LogP contribution in [0.15, 0.2) is 67.5 Å². The lowest BCUT2D eigenvalue weighted by Crippen LogP contribution is -2.23. The van der Waals surface area contributed by atoms with Crippen LogP contribution < -0.4 is 15.4 Å². The fourth-order valence-electron chi connectivity index (χ4n) is 4.13. The molecular formula is C27H29N7O3. The van der Waals surface area contributed by atoms with Gasteiger partial charge in [0.15, 0.2) is 0 Å². The number of amides is 1. The number of carbonyl (C=O) groups is 1. The lowest BCUT2D eigenvalue weighted by atomic mass is 10.1. The maximum Gasteiger partial charge on any atom is 0.251 e. The quantitative estimate of drug-likeness (QED) is 0.342. The summed E-state index contributed by atoms with van der Waals surface area (Å²) in [6.07, 6.45) is 9.41. The Hall–Kier alpha value is -4.31. The van der Waals surface area contributed by atoms with Gasteiger partial charge in [-0.25, -0.2) is 15.0 Å². The Morgan fingerprint density at radius 1 is 1.14 bits per heavy atom. The maximum atomic E-state index is 12.9. The molecule has 1 aliphatic heterocycles. The molecule has 10 nitrogen and oxygen atoms in total. The fourth-order valence-corrected chi connectivity index (χ4v) is 4.13. The first-order valence-electron chi connectivity index (χ1n) is 12.2. The van der Waals surface area contributed by atoms with Crippen molar-refractivity contribution in [2.75, 3.05) is 25.1 Å². The number of benzene rings is 1. The van der Waals surface area contributed by atoms with Gasteiger partial charge < -0.3 is 24.7 Å². The van der Waals surface area contributed by atoms with E-state index in [0.717, 1.165) is 48.1 Å². The first kappa shape index (κ1) is 24.4. The molecule has 0 aliphatic carbocycles. The lowest BCUT2D eigenvalue weighted by Gasteiger charge is -2.14. The zero-order valence-corrected chi connectivity index (χ0v) is 20.6. The number of ether oxygens (including phenoxy) is 2. The van der Waals surface area contributed by atoms with Crippen LogP contribution in [0, 0.1) is 5.92 Å². The van der Waals surface area contributed by atoms with Crippen LogP contribution in [-0.2, 0) is 24.9 Å². The molecule has 1 saturated heterocycles. The van der Waals surface area contributed by atoms with E-state index in [1.807, 2.05) is 41.9 Å². The third kappa shape index (κ3) is 6.10. The molecule has 0 radical (unpaired) electrons. The number of pyridine rings is 1. The van der Waals surface area contributed by atoms with Crippen LogP contribution in [0.4, 0.5) is 5.69 Å². The van der Waals surface area contributed by atoms with Crippen molar-refractivity contribution >= 4 is 11.6 Å². The molecule has 0 bridgehead atoms. The number of imidazole rings is 1. The molecule has 10 heteroatoms. The van der Waals surface area contributed by atoms with Gasteiger partial charge in [-0.3, -0.25) is 9.78 Å². The number of aromatic nitrogens is 5. The summed E-state index contributed by atoms with van der Waals surface area (Å²) in [7, 11) is 1.95. The zero-order chi connectivity index (χ0) is 25.5. The minimum absolute atomic E-state index is 0.168. The van der Waals surface area contributed by atoms with Gasteiger partial charge in [0.2, 0.25) is 0 Å². The molecule has 1 aliphatic rings. The second kappa shape index (κ2) is 11.6. The molecule has 1 amide bonds. The van der Waals surface area contributed by atoms with Gasteiger partial charge in [-0.2, -0.15) is 0 Å². The highest BCUT2D eigenvalue weighted by atomic mass is 16.5. The van der Waals surface area contributed by atoms with Crippen LogP contribution in [0.3, 0.4) is 0 Å². The normalized spacial score (nSPS) is 14.9. The molecule has 0 spiro atoms. The summed E-state index contributed by atoms with van der Waals surface area (Å²) in [5.41, 5.74) is 3.98. The van der Waals surface area contributed by atoms with Gasteiger partial charge >= 0.3 is 0 Å². The van der Waals surface area contributed by atoms with E-state index >= 15 is 0 Å². The van der Waals surface area contributed by atoms with E-state index in [1.54, 1.807) is 30.9 Å². The van der Waals surface area contributed by atoms with Crippen molar-refractivity contribution < 1.29 is 14.3 Å². The highest BCUT2D eigenvalue weighted by molar-refractivity contribution is 5.95. The highest BCUT2D eigenvalue weighted by Gasteiger charge is 2.17.